The van der Waals surface area contributed by atoms with Crippen molar-refractivity contribution in [2.75, 3.05) is 44.2 Å². The average molecular weight is 545 g/mol. The molecular weight excluding hydrogens is 504 g/mol. The van der Waals surface area contributed by atoms with Gasteiger partial charge in [-0.3, -0.25) is 9.69 Å². The van der Waals surface area contributed by atoms with Crippen LogP contribution in [0.4, 0.5) is 5.13 Å². The Bertz CT molecular complexity index is 1200. The van der Waals surface area contributed by atoms with E-state index >= 15 is 0 Å². The van der Waals surface area contributed by atoms with E-state index in [1.165, 1.54) is 11.3 Å². The fourth-order valence-corrected chi connectivity index (χ4v) is 6.64. The van der Waals surface area contributed by atoms with Crippen LogP contribution in [0.3, 0.4) is 0 Å². The zero-order valence-corrected chi connectivity index (χ0v) is 24.2. The SMILES string of the molecule is CCCCN(CCCC)S(=O)(=O)c1ccc(C(=O)N(CCN(CC)CC)c2nc3ccccc3s2)cc1. The molecule has 0 spiro atoms. The van der Waals surface area contributed by atoms with Gasteiger partial charge in [0.1, 0.15) is 0 Å². The first-order chi connectivity index (χ1) is 17.8. The molecule has 9 heteroatoms. The van der Waals surface area contributed by atoms with E-state index in [2.05, 4.69) is 32.6 Å². The molecule has 1 heterocycles. The van der Waals surface area contributed by atoms with Crippen LogP contribution in [0.2, 0.25) is 0 Å². The Morgan fingerprint density at radius 2 is 1.46 bits per heavy atom. The zero-order chi connectivity index (χ0) is 26.8. The predicted octanol–water partition coefficient (Wildman–Crippen LogP) is 5.88. The minimum absolute atomic E-state index is 0.177. The van der Waals surface area contributed by atoms with Gasteiger partial charge in [0.15, 0.2) is 5.13 Å². The summed E-state index contributed by atoms with van der Waals surface area (Å²) in [6.07, 6.45) is 3.51. The summed E-state index contributed by atoms with van der Waals surface area (Å²) < 4.78 is 29.3. The number of sulfonamides is 1. The van der Waals surface area contributed by atoms with E-state index in [1.807, 2.05) is 24.3 Å². The van der Waals surface area contributed by atoms with Gasteiger partial charge in [-0.05, 0) is 62.3 Å². The molecule has 1 aromatic heterocycles. The van der Waals surface area contributed by atoms with Gasteiger partial charge >= 0.3 is 0 Å². The van der Waals surface area contributed by atoms with Gasteiger partial charge in [-0.1, -0.05) is 64.0 Å². The lowest BCUT2D eigenvalue weighted by Gasteiger charge is -2.25. The maximum atomic E-state index is 13.7. The molecule has 0 N–H and O–H groups in total. The van der Waals surface area contributed by atoms with E-state index in [-0.39, 0.29) is 10.8 Å². The van der Waals surface area contributed by atoms with Crippen molar-refractivity contribution in [2.24, 2.45) is 0 Å². The summed E-state index contributed by atoms with van der Waals surface area (Å²) in [5, 5.41) is 0.653. The van der Waals surface area contributed by atoms with Crippen LogP contribution >= 0.6 is 11.3 Å². The Balaban J connectivity index is 1.88. The number of rotatable bonds is 15. The van der Waals surface area contributed by atoms with Crippen molar-refractivity contribution < 1.29 is 13.2 Å². The summed E-state index contributed by atoms with van der Waals surface area (Å²) in [4.78, 5) is 22.7. The topological polar surface area (TPSA) is 73.8 Å². The number of hydrogen-bond acceptors (Lipinski definition) is 6. The Morgan fingerprint density at radius 1 is 0.838 bits per heavy atom. The molecule has 3 rings (SSSR count). The number of amides is 1. The van der Waals surface area contributed by atoms with E-state index in [0.29, 0.717) is 30.3 Å². The number of unbranched alkanes of at least 4 members (excludes halogenated alkanes) is 2. The molecule has 0 aliphatic heterocycles. The first-order valence-corrected chi connectivity index (χ1v) is 15.6. The van der Waals surface area contributed by atoms with Crippen LogP contribution in [0.1, 0.15) is 63.7 Å². The molecule has 202 valence electrons. The van der Waals surface area contributed by atoms with Crippen LogP contribution in [0, 0.1) is 0 Å². The maximum Gasteiger partial charge on any atom is 0.260 e. The number of benzene rings is 2. The second kappa shape index (κ2) is 14.0. The Labute approximate surface area is 226 Å². The van der Waals surface area contributed by atoms with Gasteiger partial charge in [0.05, 0.1) is 15.1 Å². The van der Waals surface area contributed by atoms with Crippen molar-refractivity contribution in [1.82, 2.24) is 14.2 Å². The van der Waals surface area contributed by atoms with Crippen LogP contribution in [-0.2, 0) is 10.0 Å². The van der Waals surface area contributed by atoms with Gasteiger partial charge in [0.2, 0.25) is 10.0 Å². The van der Waals surface area contributed by atoms with E-state index in [0.717, 1.165) is 55.5 Å². The van der Waals surface area contributed by atoms with Crippen LogP contribution < -0.4 is 4.90 Å². The van der Waals surface area contributed by atoms with Crippen molar-refractivity contribution in [1.29, 1.82) is 0 Å². The van der Waals surface area contributed by atoms with Crippen LogP contribution in [0.5, 0.6) is 0 Å². The average Bonchev–Trinajstić information content (AvgIpc) is 3.35. The molecule has 0 radical (unpaired) electrons. The number of carbonyl (C=O) groups is 1. The van der Waals surface area contributed by atoms with Crippen molar-refractivity contribution in [2.45, 2.75) is 58.3 Å². The minimum atomic E-state index is -3.61. The fraction of sp³-hybridized carbons (Fsp3) is 0.500. The quantitative estimate of drug-likeness (QED) is 0.239. The maximum absolute atomic E-state index is 13.7. The predicted molar refractivity (Wildman–Crippen MR) is 154 cm³/mol. The monoisotopic (exact) mass is 544 g/mol. The molecule has 7 nitrogen and oxygen atoms in total. The highest BCUT2D eigenvalue weighted by Gasteiger charge is 2.26. The summed E-state index contributed by atoms with van der Waals surface area (Å²) in [5.41, 5.74) is 1.32. The smallest absolute Gasteiger partial charge is 0.260 e. The molecule has 0 unspecified atom stereocenters. The number of nitrogens with zero attached hydrogens (tertiary/aromatic N) is 4. The molecule has 3 aromatic rings. The molecule has 2 aromatic carbocycles. The fourth-order valence-electron chi connectivity index (χ4n) is 4.14. The summed E-state index contributed by atoms with van der Waals surface area (Å²) in [6, 6.07) is 14.3. The molecule has 0 saturated heterocycles. The number of anilines is 1. The lowest BCUT2D eigenvalue weighted by Crippen LogP contribution is -2.39. The summed E-state index contributed by atoms with van der Waals surface area (Å²) in [6.45, 7) is 12.4. The van der Waals surface area contributed by atoms with Gasteiger partial charge in [0.25, 0.3) is 5.91 Å². The van der Waals surface area contributed by atoms with Crippen LogP contribution in [0.15, 0.2) is 53.4 Å². The van der Waals surface area contributed by atoms with E-state index in [9.17, 15) is 13.2 Å². The summed E-state index contributed by atoms with van der Waals surface area (Å²) >= 11 is 1.49. The van der Waals surface area contributed by atoms with Gasteiger partial charge in [-0.15, -0.1) is 0 Å². The number of fused-ring (bicyclic) bond motifs is 1. The first kappa shape index (κ1) is 29.2. The van der Waals surface area contributed by atoms with Gasteiger partial charge in [-0.25, -0.2) is 13.4 Å². The highest BCUT2D eigenvalue weighted by atomic mass is 32.2. The van der Waals surface area contributed by atoms with E-state index < -0.39 is 10.0 Å². The lowest BCUT2D eigenvalue weighted by atomic mass is 10.2. The molecule has 0 atom stereocenters. The number of thiazole rings is 1. The Hall–Kier alpha value is -2.33. The summed E-state index contributed by atoms with van der Waals surface area (Å²) in [5.74, 6) is -0.177. The van der Waals surface area contributed by atoms with E-state index in [4.69, 9.17) is 4.98 Å². The second-order valence-electron chi connectivity index (χ2n) is 9.08. The number of aromatic nitrogens is 1. The van der Waals surface area contributed by atoms with E-state index in [1.54, 1.807) is 33.5 Å². The highest BCUT2D eigenvalue weighted by Crippen LogP contribution is 2.30. The highest BCUT2D eigenvalue weighted by molar-refractivity contribution is 7.89. The molecule has 0 saturated carbocycles. The molecule has 1 amide bonds. The zero-order valence-electron chi connectivity index (χ0n) is 22.5. The molecular formula is C28H40N4O3S2. The Kier molecular flexibility index (Phi) is 11.1. The third kappa shape index (κ3) is 7.37. The van der Waals surface area contributed by atoms with Gasteiger partial charge in [0, 0.05) is 31.7 Å². The van der Waals surface area contributed by atoms with Crippen molar-refractivity contribution in [3.8, 4) is 0 Å². The van der Waals surface area contributed by atoms with Gasteiger partial charge < -0.3 is 4.90 Å². The van der Waals surface area contributed by atoms with Crippen LogP contribution in [0.25, 0.3) is 10.2 Å². The molecule has 37 heavy (non-hydrogen) atoms. The number of carbonyl (C=O) groups excluding carboxylic acids is 1. The lowest BCUT2D eigenvalue weighted by molar-refractivity contribution is 0.0983. The molecule has 0 aliphatic carbocycles. The van der Waals surface area contributed by atoms with Crippen LogP contribution in [-0.4, -0.2) is 67.8 Å². The van der Waals surface area contributed by atoms with Crippen molar-refractivity contribution >= 4 is 42.6 Å². The van der Waals surface area contributed by atoms with Crippen molar-refractivity contribution in [3.63, 3.8) is 0 Å². The minimum Gasteiger partial charge on any atom is -0.302 e. The number of hydrogen-bond donors (Lipinski definition) is 0. The second-order valence-corrected chi connectivity index (χ2v) is 12.0. The van der Waals surface area contributed by atoms with Crippen molar-refractivity contribution in [3.05, 3.63) is 54.1 Å². The largest absolute Gasteiger partial charge is 0.302 e. The van der Waals surface area contributed by atoms with Gasteiger partial charge in [-0.2, -0.15) is 4.31 Å². The normalized spacial score (nSPS) is 12.1. The number of para-hydroxylation sites is 1. The molecule has 0 bridgehead atoms. The number of likely N-dealkylation sites (N-methyl/N-ethyl adjacent to an activating group) is 1. The molecule has 0 fully saturated rings. The molecule has 0 aliphatic rings. The standard InChI is InChI=1S/C28H40N4O3S2/c1-5-9-19-31(20-10-6-2)37(34,35)24-17-15-23(16-18-24)27(33)32(22-21-30(7-3)8-4)28-29-25-13-11-12-14-26(25)36-28/h11-18H,5-10,19-22H2,1-4H3. The Morgan fingerprint density at radius 3 is 2.03 bits per heavy atom. The summed E-state index contributed by atoms with van der Waals surface area (Å²) in [7, 11) is -3.61. The third-order valence-corrected chi connectivity index (χ3v) is 9.53. The third-order valence-electron chi connectivity index (χ3n) is 6.55. The first-order valence-electron chi connectivity index (χ1n) is 13.4.